The molecule has 0 aliphatic heterocycles. The normalized spacial score (nSPS) is 10.5. The standard InChI is InChI=1S/C20H22O4/c1-4-19(21)15-5-11-18(12-6-15)24-20(22)16-7-9-17(10-8-16)23-13-14(2)3/h5-12,14H,4,13H2,1-3H3. The van der Waals surface area contributed by atoms with Gasteiger partial charge in [0.05, 0.1) is 12.2 Å². The van der Waals surface area contributed by atoms with E-state index in [-0.39, 0.29) is 5.78 Å². The van der Waals surface area contributed by atoms with Crippen molar-refractivity contribution >= 4 is 11.8 Å². The van der Waals surface area contributed by atoms with Gasteiger partial charge >= 0.3 is 5.97 Å². The highest BCUT2D eigenvalue weighted by atomic mass is 16.5. The minimum absolute atomic E-state index is 0.0601. The molecule has 0 saturated carbocycles. The molecule has 2 aromatic carbocycles. The molecule has 2 rings (SSSR count). The number of carbonyl (C=O) groups is 2. The lowest BCUT2D eigenvalue weighted by Crippen LogP contribution is -2.09. The summed E-state index contributed by atoms with van der Waals surface area (Å²) in [4.78, 5) is 23.7. The van der Waals surface area contributed by atoms with Crippen LogP contribution in [0.5, 0.6) is 11.5 Å². The maximum atomic E-state index is 12.1. The van der Waals surface area contributed by atoms with E-state index < -0.39 is 5.97 Å². The zero-order valence-corrected chi connectivity index (χ0v) is 14.2. The molecule has 0 bridgehead atoms. The Morgan fingerprint density at radius 2 is 1.42 bits per heavy atom. The Labute approximate surface area is 142 Å². The fourth-order valence-corrected chi connectivity index (χ4v) is 2.03. The molecule has 0 aliphatic rings. The summed E-state index contributed by atoms with van der Waals surface area (Å²) in [6.07, 6.45) is 0.449. The molecule has 4 nitrogen and oxygen atoms in total. The number of carbonyl (C=O) groups excluding carboxylic acids is 2. The highest BCUT2D eigenvalue weighted by Crippen LogP contribution is 2.17. The van der Waals surface area contributed by atoms with Gasteiger partial charge < -0.3 is 9.47 Å². The molecule has 0 spiro atoms. The Morgan fingerprint density at radius 1 is 0.875 bits per heavy atom. The van der Waals surface area contributed by atoms with E-state index in [0.717, 1.165) is 5.75 Å². The van der Waals surface area contributed by atoms with E-state index in [0.29, 0.717) is 35.8 Å². The molecule has 0 amide bonds. The lowest BCUT2D eigenvalue weighted by Gasteiger charge is -2.09. The summed E-state index contributed by atoms with van der Waals surface area (Å²) in [5, 5.41) is 0. The summed E-state index contributed by atoms with van der Waals surface area (Å²) in [7, 11) is 0. The Bertz CT molecular complexity index is 685. The Balaban J connectivity index is 1.97. The molecule has 2 aromatic rings. The van der Waals surface area contributed by atoms with Crippen LogP contribution in [-0.2, 0) is 0 Å². The van der Waals surface area contributed by atoms with Crippen LogP contribution in [0.4, 0.5) is 0 Å². The van der Waals surface area contributed by atoms with Gasteiger partial charge in [0.25, 0.3) is 0 Å². The Hall–Kier alpha value is -2.62. The third-order valence-corrected chi connectivity index (χ3v) is 3.38. The average Bonchev–Trinajstić information content (AvgIpc) is 2.60. The highest BCUT2D eigenvalue weighted by Gasteiger charge is 2.10. The van der Waals surface area contributed by atoms with Crippen molar-refractivity contribution in [2.75, 3.05) is 6.61 Å². The molecule has 0 aromatic heterocycles. The molecular weight excluding hydrogens is 304 g/mol. The second-order valence-corrected chi connectivity index (χ2v) is 5.92. The van der Waals surface area contributed by atoms with Gasteiger partial charge in [0.1, 0.15) is 11.5 Å². The average molecular weight is 326 g/mol. The molecule has 4 heteroatoms. The summed E-state index contributed by atoms with van der Waals surface area (Å²) in [5.41, 5.74) is 1.06. The Morgan fingerprint density at radius 3 is 1.96 bits per heavy atom. The molecule has 0 N–H and O–H groups in total. The summed E-state index contributed by atoms with van der Waals surface area (Å²) in [6, 6.07) is 13.4. The number of benzene rings is 2. The number of hydrogen-bond acceptors (Lipinski definition) is 4. The molecule has 0 fully saturated rings. The van der Waals surface area contributed by atoms with Crippen LogP contribution < -0.4 is 9.47 Å². The van der Waals surface area contributed by atoms with Crippen molar-refractivity contribution in [3.63, 3.8) is 0 Å². The number of rotatable bonds is 7. The van der Waals surface area contributed by atoms with Crippen molar-refractivity contribution < 1.29 is 19.1 Å². The second kappa shape index (κ2) is 8.29. The first-order valence-corrected chi connectivity index (χ1v) is 8.08. The molecular formula is C20H22O4. The maximum absolute atomic E-state index is 12.1. The van der Waals surface area contributed by atoms with E-state index in [2.05, 4.69) is 13.8 Å². The number of hydrogen-bond donors (Lipinski definition) is 0. The first kappa shape index (κ1) is 17.7. The van der Waals surface area contributed by atoms with Gasteiger partial charge in [-0.05, 0) is 54.4 Å². The van der Waals surface area contributed by atoms with Crippen molar-refractivity contribution in [2.24, 2.45) is 5.92 Å². The highest BCUT2D eigenvalue weighted by molar-refractivity contribution is 5.96. The van der Waals surface area contributed by atoms with Gasteiger partial charge in [-0.2, -0.15) is 0 Å². The summed E-state index contributed by atoms with van der Waals surface area (Å²) >= 11 is 0. The fraction of sp³-hybridized carbons (Fsp3) is 0.300. The molecule has 0 unspecified atom stereocenters. The maximum Gasteiger partial charge on any atom is 0.343 e. The zero-order chi connectivity index (χ0) is 17.5. The quantitative estimate of drug-likeness (QED) is 0.426. The van der Waals surface area contributed by atoms with Crippen LogP contribution in [-0.4, -0.2) is 18.4 Å². The molecule has 0 saturated heterocycles. The van der Waals surface area contributed by atoms with Crippen LogP contribution >= 0.6 is 0 Å². The summed E-state index contributed by atoms with van der Waals surface area (Å²) in [6.45, 7) is 6.59. The third-order valence-electron chi connectivity index (χ3n) is 3.38. The molecule has 0 atom stereocenters. The van der Waals surface area contributed by atoms with Crippen LogP contribution in [0.25, 0.3) is 0 Å². The first-order chi connectivity index (χ1) is 11.5. The number of Topliss-reactive ketones (excluding diaryl/α,β-unsaturated/α-hetero) is 1. The van der Waals surface area contributed by atoms with Gasteiger partial charge in [-0.15, -0.1) is 0 Å². The first-order valence-electron chi connectivity index (χ1n) is 8.08. The van der Waals surface area contributed by atoms with Gasteiger partial charge in [-0.1, -0.05) is 20.8 Å². The molecule has 0 aliphatic carbocycles. The lowest BCUT2D eigenvalue weighted by molar-refractivity contribution is 0.0734. The fourth-order valence-electron chi connectivity index (χ4n) is 2.03. The Kier molecular flexibility index (Phi) is 6.13. The minimum Gasteiger partial charge on any atom is -0.493 e. The second-order valence-electron chi connectivity index (χ2n) is 5.92. The predicted octanol–water partition coefficient (Wildman–Crippen LogP) is 4.53. The van der Waals surface area contributed by atoms with Crippen LogP contribution in [0.1, 0.15) is 47.9 Å². The third kappa shape index (κ3) is 4.95. The topological polar surface area (TPSA) is 52.6 Å². The van der Waals surface area contributed by atoms with E-state index in [4.69, 9.17) is 9.47 Å². The van der Waals surface area contributed by atoms with Crippen LogP contribution in [0.3, 0.4) is 0 Å². The van der Waals surface area contributed by atoms with E-state index in [1.807, 2.05) is 6.92 Å². The van der Waals surface area contributed by atoms with Gasteiger partial charge in [0.2, 0.25) is 0 Å². The largest absolute Gasteiger partial charge is 0.493 e. The van der Waals surface area contributed by atoms with E-state index >= 15 is 0 Å². The van der Waals surface area contributed by atoms with Gasteiger partial charge in [0, 0.05) is 12.0 Å². The molecule has 0 heterocycles. The smallest absolute Gasteiger partial charge is 0.343 e. The molecule has 24 heavy (non-hydrogen) atoms. The molecule has 126 valence electrons. The monoisotopic (exact) mass is 326 g/mol. The van der Waals surface area contributed by atoms with Gasteiger partial charge in [-0.3, -0.25) is 4.79 Å². The van der Waals surface area contributed by atoms with Crippen molar-refractivity contribution in [2.45, 2.75) is 27.2 Å². The minimum atomic E-state index is -0.444. The predicted molar refractivity (Wildman–Crippen MR) is 92.8 cm³/mol. The lowest BCUT2D eigenvalue weighted by atomic mass is 10.1. The summed E-state index contributed by atoms with van der Waals surface area (Å²) < 4.78 is 10.9. The zero-order valence-electron chi connectivity index (χ0n) is 14.2. The van der Waals surface area contributed by atoms with E-state index in [1.54, 1.807) is 48.5 Å². The van der Waals surface area contributed by atoms with E-state index in [1.165, 1.54) is 0 Å². The molecule has 0 radical (unpaired) electrons. The summed E-state index contributed by atoms with van der Waals surface area (Å²) in [5.74, 6) is 1.19. The van der Waals surface area contributed by atoms with Crippen LogP contribution in [0.2, 0.25) is 0 Å². The van der Waals surface area contributed by atoms with Crippen molar-refractivity contribution in [1.82, 2.24) is 0 Å². The number of esters is 1. The van der Waals surface area contributed by atoms with Gasteiger partial charge in [0.15, 0.2) is 5.78 Å². The van der Waals surface area contributed by atoms with Crippen molar-refractivity contribution in [3.8, 4) is 11.5 Å². The number of ether oxygens (including phenoxy) is 2. The number of ketones is 1. The van der Waals surface area contributed by atoms with Crippen LogP contribution in [0, 0.1) is 5.92 Å². The van der Waals surface area contributed by atoms with Crippen molar-refractivity contribution in [3.05, 3.63) is 59.7 Å². The SMILES string of the molecule is CCC(=O)c1ccc(OC(=O)c2ccc(OCC(C)C)cc2)cc1. The van der Waals surface area contributed by atoms with Crippen molar-refractivity contribution in [1.29, 1.82) is 0 Å². The van der Waals surface area contributed by atoms with Crippen LogP contribution in [0.15, 0.2) is 48.5 Å². The van der Waals surface area contributed by atoms with E-state index in [9.17, 15) is 9.59 Å². The van der Waals surface area contributed by atoms with Gasteiger partial charge in [-0.25, -0.2) is 4.79 Å².